The standard InChI is InChI=1S/C10H11FO3/c1-2-14-10(13)5-7-3-4-8(12)6-9(7)11/h3-4,6,12H,2,5H2,1H3. The van der Waals surface area contributed by atoms with Crippen molar-refractivity contribution in [1.29, 1.82) is 0 Å². The minimum atomic E-state index is -0.599. The van der Waals surface area contributed by atoms with Crippen LogP contribution in [0.1, 0.15) is 12.5 Å². The molecular formula is C10H11FO3. The van der Waals surface area contributed by atoms with Gasteiger partial charge in [0.1, 0.15) is 11.6 Å². The third-order valence-electron chi connectivity index (χ3n) is 1.68. The average molecular weight is 198 g/mol. The molecule has 3 nitrogen and oxygen atoms in total. The van der Waals surface area contributed by atoms with Gasteiger partial charge < -0.3 is 9.84 Å². The molecule has 0 aliphatic carbocycles. The third-order valence-corrected chi connectivity index (χ3v) is 1.68. The van der Waals surface area contributed by atoms with Crippen LogP contribution in [0.15, 0.2) is 18.2 Å². The minimum Gasteiger partial charge on any atom is -0.508 e. The van der Waals surface area contributed by atoms with Gasteiger partial charge in [-0.2, -0.15) is 0 Å². The van der Waals surface area contributed by atoms with E-state index < -0.39 is 11.8 Å². The van der Waals surface area contributed by atoms with Gasteiger partial charge in [0, 0.05) is 6.07 Å². The molecule has 0 saturated heterocycles. The van der Waals surface area contributed by atoms with Crippen LogP contribution in [0.5, 0.6) is 5.75 Å². The number of hydrogen-bond donors (Lipinski definition) is 1. The smallest absolute Gasteiger partial charge is 0.310 e. The fourth-order valence-electron chi connectivity index (χ4n) is 1.05. The van der Waals surface area contributed by atoms with Crippen molar-refractivity contribution in [2.75, 3.05) is 6.61 Å². The molecule has 14 heavy (non-hydrogen) atoms. The van der Waals surface area contributed by atoms with Crippen molar-refractivity contribution in [2.24, 2.45) is 0 Å². The lowest BCUT2D eigenvalue weighted by Gasteiger charge is -2.03. The summed E-state index contributed by atoms with van der Waals surface area (Å²) in [5.41, 5.74) is 0.223. The molecule has 0 fully saturated rings. The maximum atomic E-state index is 13.1. The van der Waals surface area contributed by atoms with E-state index >= 15 is 0 Å². The first-order chi connectivity index (χ1) is 6.63. The molecule has 0 saturated carbocycles. The number of phenols is 1. The molecule has 0 radical (unpaired) electrons. The predicted octanol–water partition coefficient (Wildman–Crippen LogP) is 1.64. The summed E-state index contributed by atoms with van der Waals surface area (Å²) in [6.45, 7) is 1.96. The number of benzene rings is 1. The Morgan fingerprint density at radius 2 is 2.29 bits per heavy atom. The molecule has 0 aliphatic heterocycles. The minimum absolute atomic E-state index is 0.111. The molecule has 76 valence electrons. The van der Waals surface area contributed by atoms with Gasteiger partial charge in [-0.3, -0.25) is 4.79 Å². The summed E-state index contributed by atoms with van der Waals surface area (Å²) < 4.78 is 17.7. The number of halogens is 1. The molecule has 0 aliphatic rings. The normalized spacial score (nSPS) is 9.86. The fraction of sp³-hybridized carbons (Fsp3) is 0.300. The van der Waals surface area contributed by atoms with Crippen LogP contribution in [0, 0.1) is 5.82 Å². The van der Waals surface area contributed by atoms with Crippen LogP contribution < -0.4 is 0 Å². The number of rotatable bonds is 3. The molecule has 0 bridgehead atoms. The molecule has 0 spiro atoms. The highest BCUT2D eigenvalue weighted by Crippen LogP contribution is 2.15. The summed E-state index contributed by atoms with van der Waals surface area (Å²) in [4.78, 5) is 11.0. The van der Waals surface area contributed by atoms with E-state index in [1.54, 1.807) is 6.92 Å². The lowest BCUT2D eigenvalue weighted by Crippen LogP contribution is -2.08. The topological polar surface area (TPSA) is 46.5 Å². The third kappa shape index (κ3) is 2.73. The Morgan fingerprint density at radius 3 is 2.86 bits per heavy atom. The number of aromatic hydroxyl groups is 1. The zero-order valence-corrected chi connectivity index (χ0v) is 7.79. The van der Waals surface area contributed by atoms with Gasteiger partial charge in [-0.1, -0.05) is 6.07 Å². The van der Waals surface area contributed by atoms with Gasteiger partial charge >= 0.3 is 5.97 Å². The number of esters is 1. The monoisotopic (exact) mass is 198 g/mol. The lowest BCUT2D eigenvalue weighted by atomic mass is 10.1. The molecule has 0 amide bonds. The van der Waals surface area contributed by atoms with Crippen LogP contribution in [-0.2, 0) is 16.0 Å². The number of carbonyl (C=O) groups is 1. The van der Waals surface area contributed by atoms with Gasteiger partial charge in [0.05, 0.1) is 13.0 Å². The molecule has 0 aromatic heterocycles. The summed E-state index contributed by atoms with van der Waals surface area (Å²) in [6, 6.07) is 3.66. The largest absolute Gasteiger partial charge is 0.508 e. The van der Waals surface area contributed by atoms with Crippen LogP contribution in [0.3, 0.4) is 0 Å². The van der Waals surface area contributed by atoms with E-state index in [1.165, 1.54) is 12.1 Å². The van der Waals surface area contributed by atoms with Crippen molar-refractivity contribution in [2.45, 2.75) is 13.3 Å². The van der Waals surface area contributed by atoms with Crippen molar-refractivity contribution >= 4 is 5.97 Å². The Kier molecular flexibility index (Phi) is 3.45. The van der Waals surface area contributed by atoms with Crippen LogP contribution in [-0.4, -0.2) is 17.7 Å². The van der Waals surface area contributed by atoms with Gasteiger partial charge in [0.15, 0.2) is 0 Å². The predicted molar refractivity (Wildman–Crippen MR) is 48.4 cm³/mol. The number of hydrogen-bond acceptors (Lipinski definition) is 3. The maximum Gasteiger partial charge on any atom is 0.310 e. The van der Waals surface area contributed by atoms with Gasteiger partial charge in [0.2, 0.25) is 0 Å². The van der Waals surface area contributed by atoms with E-state index in [4.69, 9.17) is 5.11 Å². The highest BCUT2D eigenvalue weighted by molar-refractivity contribution is 5.72. The van der Waals surface area contributed by atoms with E-state index in [1.807, 2.05) is 0 Å². The van der Waals surface area contributed by atoms with E-state index in [0.29, 0.717) is 0 Å². The Labute approximate surface area is 81.1 Å². The van der Waals surface area contributed by atoms with Crippen molar-refractivity contribution in [3.63, 3.8) is 0 Å². The first-order valence-electron chi connectivity index (χ1n) is 4.26. The first-order valence-corrected chi connectivity index (χ1v) is 4.26. The second kappa shape index (κ2) is 4.60. The zero-order valence-electron chi connectivity index (χ0n) is 7.79. The molecule has 1 N–H and O–H groups in total. The molecule has 0 atom stereocenters. The highest BCUT2D eigenvalue weighted by atomic mass is 19.1. The Morgan fingerprint density at radius 1 is 1.57 bits per heavy atom. The zero-order chi connectivity index (χ0) is 10.6. The van der Waals surface area contributed by atoms with Gasteiger partial charge in [-0.15, -0.1) is 0 Å². The SMILES string of the molecule is CCOC(=O)Cc1ccc(O)cc1F. The van der Waals surface area contributed by atoms with E-state index in [2.05, 4.69) is 4.74 Å². The second-order valence-electron chi connectivity index (χ2n) is 2.76. The summed E-state index contributed by atoms with van der Waals surface area (Å²) >= 11 is 0. The van der Waals surface area contributed by atoms with E-state index in [9.17, 15) is 9.18 Å². The van der Waals surface area contributed by atoms with Crippen LogP contribution in [0.2, 0.25) is 0 Å². The molecule has 1 aromatic carbocycles. The van der Waals surface area contributed by atoms with Crippen molar-refractivity contribution < 1.29 is 19.0 Å². The van der Waals surface area contributed by atoms with Crippen molar-refractivity contribution in [1.82, 2.24) is 0 Å². The number of ether oxygens (including phenoxy) is 1. The Hall–Kier alpha value is -1.58. The van der Waals surface area contributed by atoms with Crippen LogP contribution in [0.4, 0.5) is 4.39 Å². The van der Waals surface area contributed by atoms with E-state index in [-0.39, 0.29) is 24.3 Å². The van der Waals surface area contributed by atoms with Gasteiger partial charge in [-0.05, 0) is 18.6 Å². The van der Waals surface area contributed by atoms with Crippen molar-refractivity contribution in [3.8, 4) is 5.75 Å². The lowest BCUT2D eigenvalue weighted by molar-refractivity contribution is -0.142. The molecular weight excluding hydrogens is 187 g/mol. The molecule has 0 unspecified atom stereocenters. The Bertz CT molecular complexity index is 336. The summed E-state index contributed by atoms with van der Waals surface area (Å²) in [6.07, 6.45) is -0.111. The summed E-state index contributed by atoms with van der Waals surface area (Å²) in [5.74, 6) is -1.23. The van der Waals surface area contributed by atoms with Gasteiger partial charge in [-0.25, -0.2) is 4.39 Å². The van der Waals surface area contributed by atoms with Crippen LogP contribution in [0.25, 0.3) is 0 Å². The van der Waals surface area contributed by atoms with Crippen molar-refractivity contribution in [3.05, 3.63) is 29.6 Å². The van der Waals surface area contributed by atoms with E-state index in [0.717, 1.165) is 6.07 Å². The number of phenolic OH excluding ortho intramolecular Hbond substituents is 1. The highest BCUT2D eigenvalue weighted by Gasteiger charge is 2.08. The summed E-state index contributed by atoms with van der Waals surface area (Å²) in [5, 5.41) is 8.92. The van der Waals surface area contributed by atoms with Gasteiger partial charge in [0.25, 0.3) is 0 Å². The molecule has 1 rings (SSSR count). The van der Waals surface area contributed by atoms with Crippen LogP contribution >= 0.6 is 0 Å². The molecule has 0 heterocycles. The quantitative estimate of drug-likeness (QED) is 0.751. The summed E-state index contributed by atoms with van der Waals surface area (Å²) in [7, 11) is 0. The second-order valence-corrected chi connectivity index (χ2v) is 2.76. The fourth-order valence-corrected chi connectivity index (χ4v) is 1.05. The average Bonchev–Trinajstić information content (AvgIpc) is 2.10. The number of carbonyl (C=O) groups excluding carboxylic acids is 1. The maximum absolute atomic E-state index is 13.1. The molecule has 4 heteroatoms. The molecule has 1 aromatic rings. The first kappa shape index (κ1) is 10.5. The Balaban J connectivity index is 2.72.